The van der Waals surface area contributed by atoms with E-state index in [9.17, 15) is 28.8 Å². The van der Waals surface area contributed by atoms with Crippen LogP contribution < -0.4 is 75.6 Å². The van der Waals surface area contributed by atoms with Gasteiger partial charge in [-0.05, 0) is 274 Å². The molecule has 26 nitrogen and oxygen atoms in total. The Labute approximate surface area is 680 Å². The third-order valence-corrected chi connectivity index (χ3v) is 17.7. The first kappa shape index (κ1) is 101. The zero-order valence-corrected chi connectivity index (χ0v) is 73.5. The fraction of sp³-hybridized carbons (Fsp3) is 0.462. The molecule has 0 saturated carbocycles. The average Bonchev–Trinajstić information content (AvgIpc) is 0.774. The Bertz CT molecular complexity index is 3410. The van der Waals surface area contributed by atoms with Gasteiger partial charge in [0.2, 0.25) is 0 Å². The minimum Gasteiger partial charge on any atom is -1.00 e. The SMILES string of the molecule is Cc1cc([S+](c2cc(C)c(OC(=O)OC(C)(C)C)c(C)c2)c2cc(C)c(OC(=O)OC(C)(C)C)c(C)c2)cc(C)c1OC(=O)OC(C)(C)C.Cc1cc([S+](c2cc(C)c(OC(=O)OC(C)(C)C)c(C)c2)c2cc(C)c(OC(=O)OC(C)(C)C)c(C)c2)cc(C)c1OC(=O)OC(C)(C)C.O=NO[O-].O=[N+]([O-])[O-].[Cl-].[Na+].[SH-]. The van der Waals surface area contributed by atoms with Gasteiger partial charge in [0.15, 0.2) is 29.4 Å². The van der Waals surface area contributed by atoms with Crippen LogP contribution in [-0.4, -0.2) is 75.6 Å². The number of benzene rings is 6. The molecule has 0 saturated heterocycles. The maximum atomic E-state index is 12.6. The smallest absolute Gasteiger partial charge is 1.00 e. The van der Waals surface area contributed by atoms with Crippen LogP contribution in [0.5, 0.6) is 34.5 Å². The van der Waals surface area contributed by atoms with Crippen molar-refractivity contribution in [2.24, 2.45) is 5.34 Å². The molecule has 0 aliphatic carbocycles. The molecule has 0 spiro atoms. The summed E-state index contributed by atoms with van der Waals surface area (Å²) in [7, 11) is -1.40. The van der Waals surface area contributed by atoms with Crippen molar-refractivity contribution in [1.29, 1.82) is 0 Å². The van der Waals surface area contributed by atoms with E-state index in [1.807, 2.05) is 156 Å². The third kappa shape index (κ3) is 34.3. The van der Waals surface area contributed by atoms with Crippen LogP contribution >= 0.6 is 0 Å². The van der Waals surface area contributed by atoms with Gasteiger partial charge < -0.3 is 108 Å². The van der Waals surface area contributed by atoms with Crippen LogP contribution in [0.3, 0.4) is 0 Å². The van der Waals surface area contributed by atoms with Crippen LogP contribution in [0.1, 0.15) is 191 Å². The zero-order chi connectivity index (χ0) is 81.4. The van der Waals surface area contributed by atoms with Crippen molar-refractivity contribution in [3.8, 4) is 34.5 Å². The summed E-state index contributed by atoms with van der Waals surface area (Å²) in [5.74, 6) is 2.60. The predicted molar refractivity (Wildman–Crippen MR) is 407 cm³/mol. The maximum Gasteiger partial charge on any atom is 1.00 e. The summed E-state index contributed by atoms with van der Waals surface area (Å²) in [6.45, 7) is 54.7. The fourth-order valence-electron chi connectivity index (χ4n) is 10.1. The number of ether oxygens (including phenoxy) is 12. The van der Waals surface area contributed by atoms with E-state index in [1.54, 1.807) is 125 Å². The van der Waals surface area contributed by atoms with Gasteiger partial charge in [-0.3, -0.25) is 0 Å². The normalized spacial score (nSPS) is 11.2. The molecular formula is C78H103ClN2NaO24S3-. The number of carbonyl (C=O) groups excluding carboxylic acids is 6. The largest absolute Gasteiger partial charge is 1.00 e. The number of thiol groups is 1. The van der Waals surface area contributed by atoms with Crippen molar-refractivity contribution in [3.05, 3.63) is 160 Å². The van der Waals surface area contributed by atoms with E-state index in [4.69, 9.17) is 82.3 Å². The van der Waals surface area contributed by atoms with E-state index in [1.165, 1.54) is 5.34 Å². The Hall–Kier alpha value is -8.16. The van der Waals surface area contributed by atoms with E-state index in [0.29, 0.717) is 34.5 Å². The first-order valence-electron chi connectivity index (χ1n) is 33.4. The number of hydrogen-bond acceptors (Lipinski definition) is 26. The molecule has 0 amide bonds. The molecule has 6 rings (SSSR count). The summed E-state index contributed by atoms with van der Waals surface area (Å²) >= 11 is 0. The molecule has 0 aliphatic rings. The summed E-state index contributed by atoms with van der Waals surface area (Å²) in [6, 6.07) is 24.0. The van der Waals surface area contributed by atoms with Gasteiger partial charge in [0, 0.05) is 72.8 Å². The fourth-order valence-corrected chi connectivity index (χ4v) is 15.2. The second-order valence-electron chi connectivity index (χ2n) is 30.7. The van der Waals surface area contributed by atoms with Gasteiger partial charge >= 0.3 is 66.5 Å². The Kier molecular flexibility index (Phi) is 38.6. The van der Waals surface area contributed by atoms with Crippen molar-refractivity contribution < 1.29 is 143 Å². The average molecular weight is 1610 g/mol. The summed E-state index contributed by atoms with van der Waals surface area (Å²) in [4.78, 5) is 100. The first-order chi connectivity index (χ1) is 48.3. The van der Waals surface area contributed by atoms with Crippen LogP contribution in [0.15, 0.2) is 108 Å². The number of halogens is 1. The standard InChI is InChI=1S/2C39H51O9S.ClH.HNO3.NO3.Na.H2S/c2*1-22-16-28(17-23(2)31(22)43-34(40)46-37(7,8)9)49(29-18-24(3)32(25(4)19-29)44-35(41)47-38(10,11)12)30-20-26(5)33(27(6)21-30)45-36(42)48-39(13,14)15;;2-1-4-3;2-1(3)4;;/h2*16-21H,1-15H3;1H;3H;;;1H2/q2*+1;;;-1;+1;/p-3. The molecule has 6 aromatic rings. The minimum atomic E-state index is -1.75. The maximum absolute atomic E-state index is 12.6. The third-order valence-electron chi connectivity index (χ3n) is 13.5. The Balaban J connectivity index is 0.00000190. The molecule has 0 heterocycles. The van der Waals surface area contributed by atoms with Gasteiger partial charge in [-0.15, -0.1) is 4.91 Å². The summed E-state index contributed by atoms with van der Waals surface area (Å²) in [5.41, 5.74) is 4.92. The minimum absolute atomic E-state index is 0. The molecule has 0 aromatic heterocycles. The van der Waals surface area contributed by atoms with Crippen molar-refractivity contribution in [2.45, 2.75) is 271 Å². The molecule has 0 N–H and O–H groups in total. The van der Waals surface area contributed by atoms with Gasteiger partial charge in [0.05, 0.1) is 26.9 Å². The summed E-state index contributed by atoms with van der Waals surface area (Å²) < 4.78 is 66.4. The molecular weight excluding hydrogens is 1500 g/mol. The van der Waals surface area contributed by atoms with E-state index < -0.39 is 97.4 Å². The number of carbonyl (C=O) groups is 6. The quantitative estimate of drug-likeness (QED) is 0.00886. The van der Waals surface area contributed by atoms with Gasteiger partial charge in [0.1, 0.15) is 73.4 Å². The van der Waals surface area contributed by atoms with E-state index in [-0.39, 0.29) is 55.5 Å². The summed E-state index contributed by atoms with van der Waals surface area (Å²) in [6.07, 6.45) is -4.64. The molecule has 31 heteroatoms. The number of rotatable bonds is 13. The molecule has 0 radical (unpaired) electrons. The second kappa shape index (κ2) is 41.8. The monoisotopic (exact) mass is 1610 g/mol. The molecule has 596 valence electrons. The van der Waals surface area contributed by atoms with Crippen molar-refractivity contribution >= 4 is 72.2 Å². The molecule has 0 aliphatic heterocycles. The molecule has 0 unspecified atom stereocenters. The van der Waals surface area contributed by atoms with Gasteiger partial charge in [-0.1, -0.05) is 0 Å². The first-order valence-corrected chi connectivity index (χ1v) is 35.8. The number of hydrogen-bond donors (Lipinski definition) is 0. The van der Waals surface area contributed by atoms with Gasteiger partial charge in [-0.25, -0.2) is 28.8 Å². The Morgan fingerprint density at radius 3 is 0.468 bits per heavy atom. The van der Waals surface area contributed by atoms with Crippen molar-refractivity contribution in [3.63, 3.8) is 0 Å². The van der Waals surface area contributed by atoms with E-state index in [2.05, 4.69) is 4.99 Å². The van der Waals surface area contributed by atoms with Crippen molar-refractivity contribution in [1.82, 2.24) is 0 Å². The number of aryl methyl sites for hydroxylation is 12. The van der Waals surface area contributed by atoms with E-state index >= 15 is 0 Å². The van der Waals surface area contributed by atoms with Gasteiger partial charge in [0.25, 0.3) is 0 Å². The molecule has 6 aromatic carbocycles. The summed E-state index contributed by atoms with van der Waals surface area (Å²) in [5, 5.41) is 24.5. The zero-order valence-electron chi connectivity index (χ0n) is 68.3. The van der Waals surface area contributed by atoms with E-state index in [0.717, 1.165) is 96.1 Å². The molecule has 0 fully saturated rings. The number of nitrogens with zero attached hydrogens (tertiary/aromatic N) is 2. The van der Waals surface area contributed by atoms with Crippen LogP contribution in [0.25, 0.3) is 0 Å². The van der Waals surface area contributed by atoms with Crippen molar-refractivity contribution in [2.75, 3.05) is 0 Å². The molecule has 0 atom stereocenters. The van der Waals surface area contributed by atoms with Crippen LogP contribution in [-0.2, 0) is 68.7 Å². The second-order valence-corrected chi connectivity index (χ2v) is 34.8. The van der Waals surface area contributed by atoms with Crippen LogP contribution in [0, 0.1) is 103 Å². The Morgan fingerprint density at radius 2 is 0.394 bits per heavy atom. The predicted octanol–water partition coefficient (Wildman–Crippen LogP) is 13.6. The molecule has 0 bridgehead atoms. The Morgan fingerprint density at radius 1 is 0.303 bits per heavy atom. The van der Waals surface area contributed by atoms with Crippen LogP contribution in [0.2, 0.25) is 0 Å². The van der Waals surface area contributed by atoms with Gasteiger partial charge in [-0.2, -0.15) is 0 Å². The van der Waals surface area contributed by atoms with Crippen LogP contribution in [0.4, 0.5) is 28.8 Å². The topological polar surface area (TPSA) is 341 Å². The molecule has 109 heavy (non-hydrogen) atoms.